The molecule has 0 unspecified atom stereocenters. The van der Waals surface area contributed by atoms with Crippen molar-refractivity contribution < 1.29 is 19.6 Å². The minimum absolute atomic E-state index is 0.0437. The molecule has 4 saturated carbocycles. The lowest BCUT2D eigenvalue weighted by molar-refractivity contribution is -0.403. The molecule has 4 aliphatic rings. The number of esters is 1. The van der Waals surface area contributed by atoms with Crippen LogP contribution in [0.1, 0.15) is 78.6 Å². The molecule has 8 atom stereocenters. The predicted octanol–water partition coefficient (Wildman–Crippen LogP) is 4.48. The number of carbonyl (C=O) groups is 1. The van der Waals surface area contributed by atoms with E-state index < -0.39 is 5.60 Å². The Kier molecular flexibility index (Phi) is 5.08. The van der Waals surface area contributed by atoms with Gasteiger partial charge in [-0.15, -0.1) is 0 Å². The van der Waals surface area contributed by atoms with Crippen molar-refractivity contribution in [2.24, 2.45) is 34.5 Å². The zero-order chi connectivity index (χ0) is 21.0. The highest BCUT2D eigenvalue weighted by molar-refractivity contribution is 5.66. The van der Waals surface area contributed by atoms with E-state index in [1.54, 1.807) is 6.08 Å². The molecule has 0 aliphatic heterocycles. The molecule has 0 bridgehead atoms. The first-order chi connectivity index (χ1) is 13.6. The Balaban J connectivity index is 1.56. The third-order valence-corrected chi connectivity index (χ3v) is 9.65. The van der Waals surface area contributed by atoms with Crippen LogP contribution in [0.3, 0.4) is 0 Å². The molecule has 162 valence electrons. The van der Waals surface area contributed by atoms with E-state index in [-0.39, 0.29) is 39.7 Å². The minimum atomic E-state index is -0.734. The maximum atomic E-state index is 12.0. The second-order valence-corrected chi connectivity index (χ2v) is 10.7. The molecule has 4 fully saturated rings. The van der Waals surface area contributed by atoms with Crippen LogP contribution in [-0.2, 0) is 9.53 Å². The van der Waals surface area contributed by atoms with Crippen LogP contribution in [0.4, 0.5) is 0 Å². The topological polar surface area (TPSA) is 89.7 Å². The molecule has 1 N–H and O–H groups in total. The molecule has 6 heteroatoms. The summed E-state index contributed by atoms with van der Waals surface area (Å²) in [5.41, 5.74) is -0.827. The van der Waals surface area contributed by atoms with Crippen molar-refractivity contribution in [2.75, 3.05) is 0 Å². The van der Waals surface area contributed by atoms with Crippen molar-refractivity contribution >= 4 is 5.97 Å². The van der Waals surface area contributed by atoms with Crippen molar-refractivity contribution in [3.05, 3.63) is 22.4 Å². The van der Waals surface area contributed by atoms with Crippen LogP contribution in [0.5, 0.6) is 0 Å². The van der Waals surface area contributed by atoms with Gasteiger partial charge in [-0.2, -0.15) is 0 Å². The van der Waals surface area contributed by atoms with E-state index >= 15 is 0 Å². The smallest absolute Gasteiger partial charge is 0.302 e. The number of allylic oxidation sites excluding steroid dienone is 1. The van der Waals surface area contributed by atoms with E-state index in [9.17, 15) is 20.0 Å². The van der Waals surface area contributed by atoms with E-state index in [1.807, 2.05) is 0 Å². The Labute approximate surface area is 173 Å². The van der Waals surface area contributed by atoms with Crippen LogP contribution < -0.4 is 0 Å². The zero-order valence-electron chi connectivity index (χ0n) is 17.9. The summed E-state index contributed by atoms with van der Waals surface area (Å²) in [6.45, 7) is 6.06. The monoisotopic (exact) mass is 405 g/mol. The summed E-state index contributed by atoms with van der Waals surface area (Å²) in [7, 11) is 0. The normalized spacial score (nSPS) is 49.2. The lowest BCUT2D eigenvalue weighted by Crippen LogP contribution is -2.62. The minimum Gasteiger partial charge on any atom is -0.463 e. The van der Waals surface area contributed by atoms with E-state index in [0.717, 1.165) is 64.0 Å². The summed E-state index contributed by atoms with van der Waals surface area (Å²) < 4.78 is 5.54. The molecule has 0 saturated heterocycles. The van der Waals surface area contributed by atoms with E-state index in [4.69, 9.17) is 4.74 Å². The standard InChI is InChI=1S/C23H35NO5/c1-15(25)29-18-7-10-21(2)17(14-18)4-5-20-19(21)8-11-22(3)16(9-13-24(27)28)6-12-23(20,22)26/h9,13,16-20,26H,4-8,10-12,14H2,1-3H3/b13-9+/t16-,17-,18+,19+,20-,21+,22-,23+/m1/s1. The van der Waals surface area contributed by atoms with Gasteiger partial charge < -0.3 is 9.84 Å². The Bertz CT molecular complexity index is 722. The van der Waals surface area contributed by atoms with Crippen molar-refractivity contribution in [3.63, 3.8) is 0 Å². The molecule has 29 heavy (non-hydrogen) atoms. The fraction of sp³-hybridized carbons (Fsp3) is 0.870. The highest BCUT2D eigenvalue weighted by atomic mass is 16.6. The van der Waals surface area contributed by atoms with E-state index in [0.29, 0.717) is 11.8 Å². The van der Waals surface area contributed by atoms with Gasteiger partial charge in [-0.3, -0.25) is 14.9 Å². The number of nitrogens with zero attached hydrogens (tertiary/aromatic N) is 1. The first-order valence-corrected chi connectivity index (χ1v) is 11.3. The highest BCUT2D eigenvalue weighted by Gasteiger charge is 2.66. The van der Waals surface area contributed by atoms with Gasteiger partial charge in [0, 0.05) is 12.3 Å². The van der Waals surface area contributed by atoms with Gasteiger partial charge in [-0.1, -0.05) is 13.8 Å². The zero-order valence-corrected chi connectivity index (χ0v) is 17.9. The van der Waals surface area contributed by atoms with Crippen LogP contribution in [0, 0.1) is 44.6 Å². The Hall–Kier alpha value is -1.43. The molecule has 0 aromatic rings. The van der Waals surface area contributed by atoms with Crippen LogP contribution in [0.25, 0.3) is 0 Å². The van der Waals surface area contributed by atoms with Gasteiger partial charge in [0.1, 0.15) is 6.10 Å². The average molecular weight is 406 g/mol. The molecular weight excluding hydrogens is 370 g/mol. The Morgan fingerprint density at radius 1 is 1.10 bits per heavy atom. The fourth-order valence-corrected chi connectivity index (χ4v) is 8.05. The molecule has 0 amide bonds. The molecule has 0 spiro atoms. The van der Waals surface area contributed by atoms with Gasteiger partial charge >= 0.3 is 5.97 Å². The maximum Gasteiger partial charge on any atom is 0.302 e. The molecule has 6 nitrogen and oxygen atoms in total. The van der Waals surface area contributed by atoms with Gasteiger partial charge in [-0.05, 0) is 93.0 Å². The summed E-state index contributed by atoms with van der Waals surface area (Å²) in [6, 6.07) is 0. The van der Waals surface area contributed by atoms with Gasteiger partial charge in [-0.25, -0.2) is 0 Å². The molecule has 4 rings (SSSR count). The summed E-state index contributed by atoms with van der Waals surface area (Å²) in [5, 5.41) is 22.8. The predicted molar refractivity (Wildman–Crippen MR) is 108 cm³/mol. The van der Waals surface area contributed by atoms with Crippen molar-refractivity contribution in [2.45, 2.75) is 90.3 Å². The number of ether oxygens (including phenoxy) is 1. The quantitative estimate of drug-likeness (QED) is 0.425. The fourth-order valence-electron chi connectivity index (χ4n) is 8.05. The molecule has 0 aromatic heterocycles. The molecular formula is C23H35NO5. The molecule has 0 radical (unpaired) electrons. The van der Waals surface area contributed by atoms with E-state index in [1.165, 1.54) is 6.92 Å². The number of nitro groups is 1. The third kappa shape index (κ3) is 3.13. The largest absolute Gasteiger partial charge is 0.463 e. The molecule has 4 aliphatic carbocycles. The average Bonchev–Trinajstić information content (AvgIpc) is 2.91. The number of aliphatic hydroxyl groups is 1. The Morgan fingerprint density at radius 2 is 1.86 bits per heavy atom. The van der Waals surface area contributed by atoms with E-state index in [2.05, 4.69) is 13.8 Å². The van der Waals surface area contributed by atoms with Crippen molar-refractivity contribution in [1.29, 1.82) is 0 Å². The first kappa shape index (κ1) is 20.8. The number of rotatable bonds is 3. The third-order valence-electron chi connectivity index (χ3n) is 9.65. The molecule has 0 heterocycles. The summed E-state index contributed by atoms with van der Waals surface area (Å²) >= 11 is 0. The second-order valence-electron chi connectivity index (χ2n) is 10.7. The maximum absolute atomic E-state index is 12.0. The van der Waals surface area contributed by atoms with Crippen LogP contribution in [0.2, 0.25) is 0 Å². The van der Waals surface area contributed by atoms with Crippen molar-refractivity contribution in [1.82, 2.24) is 0 Å². The number of fused-ring (bicyclic) bond motifs is 5. The van der Waals surface area contributed by atoms with Gasteiger partial charge in [0.15, 0.2) is 0 Å². The second kappa shape index (κ2) is 7.07. The van der Waals surface area contributed by atoms with Gasteiger partial charge in [0.05, 0.1) is 10.5 Å². The SMILES string of the molecule is CC(=O)O[C@H]1CC[C@@]2(C)[C@H](CC[C@@H]3[C@@H]2CC[C@]2(C)[C@@H](/C=C/[N+](=O)[O-])CC[C@]32O)C1. The van der Waals surface area contributed by atoms with Crippen LogP contribution >= 0.6 is 0 Å². The van der Waals surface area contributed by atoms with Crippen LogP contribution in [-0.4, -0.2) is 27.7 Å². The lowest BCUT2D eigenvalue weighted by Gasteiger charge is -2.63. The summed E-state index contributed by atoms with van der Waals surface area (Å²) in [5.74, 6) is 1.18. The first-order valence-electron chi connectivity index (χ1n) is 11.3. The molecule has 0 aromatic carbocycles. The van der Waals surface area contributed by atoms with Gasteiger partial charge in [0.25, 0.3) is 0 Å². The summed E-state index contributed by atoms with van der Waals surface area (Å²) in [6.07, 6.45) is 11.4. The Morgan fingerprint density at radius 3 is 2.55 bits per heavy atom. The highest BCUT2D eigenvalue weighted by Crippen LogP contribution is 2.69. The van der Waals surface area contributed by atoms with Crippen molar-refractivity contribution in [3.8, 4) is 0 Å². The van der Waals surface area contributed by atoms with Crippen LogP contribution in [0.15, 0.2) is 12.3 Å². The summed E-state index contributed by atoms with van der Waals surface area (Å²) in [4.78, 5) is 21.9. The number of carbonyl (C=O) groups excluding carboxylic acids is 1. The number of hydrogen-bond acceptors (Lipinski definition) is 5. The van der Waals surface area contributed by atoms with Gasteiger partial charge in [0.2, 0.25) is 6.20 Å². The number of hydrogen-bond donors (Lipinski definition) is 1. The lowest BCUT2D eigenvalue weighted by atomic mass is 9.43.